The molecule has 36 heavy (non-hydrogen) atoms. The Bertz CT molecular complexity index is 1660. The molecule has 0 aliphatic carbocycles. The SMILES string of the molecule is Cc1cccn2c(=O)c(-c3ccnc(-c4ccc(C(F)(F)F)cc4)c3)c([O-])[n+](Cc3cnc(Cl)s3)c12. The van der Waals surface area contributed by atoms with Crippen LogP contribution in [-0.4, -0.2) is 14.4 Å². The van der Waals surface area contributed by atoms with Gasteiger partial charge in [-0.15, -0.1) is 11.3 Å². The highest BCUT2D eigenvalue weighted by molar-refractivity contribution is 7.15. The first kappa shape index (κ1) is 24.0. The van der Waals surface area contributed by atoms with Crippen molar-refractivity contribution in [1.29, 1.82) is 0 Å². The van der Waals surface area contributed by atoms with Crippen molar-refractivity contribution in [1.82, 2.24) is 14.4 Å². The lowest BCUT2D eigenvalue weighted by molar-refractivity contribution is -0.707. The smallest absolute Gasteiger partial charge is 0.416 e. The summed E-state index contributed by atoms with van der Waals surface area (Å²) in [6.07, 6.45) is 0.120. The third kappa shape index (κ3) is 4.33. The molecule has 0 unspecified atom stereocenters. The number of pyridine rings is 2. The van der Waals surface area contributed by atoms with Gasteiger partial charge in [-0.1, -0.05) is 23.7 Å². The summed E-state index contributed by atoms with van der Waals surface area (Å²) in [6.45, 7) is 1.96. The highest BCUT2D eigenvalue weighted by Crippen LogP contribution is 2.32. The van der Waals surface area contributed by atoms with Gasteiger partial charge in [0.15, 0.2) is 4.47 Å². The number of halogens is 4. The number of benzene rings is 1. The minimum atomic E-state index is -4.46. The molecule has 1 aromatic carbocycles. The number of hydrogen-bond acceptors (Lipinski definition) is 5. The van der Waals surface area contributed by atoms with E-state index in [1.807, 2.05) is 0 Å². The van der Waals surface area contributed by atoms with E-state index in [0.717, 1.165) is 22.6 Å². The molecule has 0 spiro atoms. The van der Waals surface area contributed by atoms with Crippen molar-refractivity contribution in [3.05, 3.63) is 97.9 Å². The van der Waals surface area contributed by atoms with E-state index in [9.17, 15) is 23.1 Å². The van der Waals surface area contributed by atoms with Gasteiger partial charge in [-0.25, -0.2) is 14.3 Å². The molecule has 0 amide bonds. The van der Waals surface area contributed by atoms with Gasteiger partial charge < -0.3 is 5.11 Å². The van der Waals surface area contributed by atoms with E-state index < -0.39 is 23.2 Å². The highest BCUT2D eigenvalue weighted by atomic mass is 35.5. The minimum Gasteiger partial charge on any atom is -0.842 e. The normalized spacial score (nSPS) is 11.8. The summed E-state index contributed by atoms with van der Waals surface area (Å²) in [7, 11) is 0. The van der Waals surface area contributed by atoms with Crippen molar-refractivity contribution in [2.24, 2.45) is 0 Å². The molecule has 4 heterocycles. The largest absolute Gasteiger partial charge is 0.842 e. The van der Waals surface area contributed by atoms with Crippen LogP contribution in [0.4, 0.5) is 13.2 Å². The van der Waals surface area contributed by atoms with Crippen LogP contribution in [0.25, 0.3) is 28.0 Å². The summed E-state index contributed by atoms with van der Waals surface area (Å²) in [4.78, 5) is 22.5. The van der Waals surface area contributed by atoms with Crippen molar-refractivity contribution in [3.8, 4) is 28.3 Å². The zero-order chi connectivity index (χ0) is 25.6. The predicted octanol–water partition coefficient (Wildman–Crippen LogP) is 4.88. The Morgan fingerprint density at radius 1 is 1.11 bits per heavy atom. The molecule has 0 aliphatic rings. The maximum Gasteiger partial charge on any atom is 0.416 e. The first-order valence-corrected chi connectivity index (χ1v) is 11.8. The summed E-state index contributed by atoms with van der Waals surface area (Å²) < 4.78 is 42.1. The molecular formula is C25H16ClF3N4O2S. The number of aromatic nitrogens is 4. The third-order valence-electron chi connectivity index (χ3n) is 5.71. The summed E-state index contributed by atoms with van der Waals surface area (Å²) in [5, 5.41) is 13.7. The molecule has 5 aromatic rings. The van der Waals surface area contributed by atoms with Gasteiger partial charge in [0.05, 0.1) is 28.2 Å². The number of thiazole rings is 1. The second-order valence-corrected chi connectivity index (χ2v) is 9.74. The first-order valence-electron chi connectivity index (χ1n) is 10.6. The van der Waals surface area contributed by atoms with Crippen LogP contribution in [0.5, 0.6) is 5.88 Å². The number of rotatable bonds is 4. The molecule has 0 aliphatic heterocycles. The summed E-state index contributed by atoms with van der Waals surface area (Å²) in [5.41, 5.74) is 0.854. The van der Waals surface area contributed by atoms with Crippen molar-refractivity contribution >= 4 is 28.6 Å². The molecule has 0 saturated heterocycles. The Balaban J connectivity index is 1.68. The van der Waals surface area contributed by atoms with E-state index in [0.29, 0.717) is 26.9 Å². The minimum absolute atomic E-state index is 0.0794. The van der Waals surface area contributed by atoms with Gasteiger partial charge in [0, 0.05) is 23.5 Å². The van der Waals surface area contributed by atoms with Crippen molar-refractivity contribution in [2.45, 2.75) is 19.6 Å². The van der Waals surface area contributed by atoms with Gasteiger partial charge >= 0.3 is 11.7 Å². The standard InChI is InChI=1S/C25H16ClF3N4O2S/c1-14-3-2-10-32-21(14)33(13-18-12-31-24(26)36-18)23(35)20(22(32)34)16-8-9-30-19(11-16)15-4-6-17(7-5-15)25(27,28)29/h2-12H,13H2,1H3. The number of fused-ring (bicyclic) bond motifs is 1. The fourth-order valence-corrected chi connectivity index (χ4v) is 5.01. The molecule has 182 valence electrons. The lowest BCUT2D eigenvalue weighted by Gasteiger charge is -2.18. The average molecular weight is 529 g/mol. The van der Waals surface area contributed by atoms with E-state index in [-0.39, 0.29) is 12.1 Å². The Morgan fingerprint density at radius 2 is 1.86 bits per heavy atom. The van der Waals surface area contributed by atoms with Crippen LogP contribution < -0.4 is 15.2 Å². The molecule has 5 rings (SSSR count). The molecule has 0 atom stereocenters. The lowest BCUT2D eigenvalue weighted by Crippen LogP contribution is -2.44. The monoisotopic (exact) mass is 528 g/mol. The summed E-state index contributed by atoms with van der Waals surface area (Å²) in [5.74, 6) is -0.511. The van der Waals surface area contributed by atoms with Crippen molar-refractivity contribution < 1.29 is 22.8 Å². The number of nitrogens with zero attached hydrogens (tertiary/aromatic N) is 4. The maximum absolute atomic E-state index is 13.7. The third-order valence-corrected chi connectivity index (χ3v) is 6.81. The molecule has 4 aromatic heterocycles. The van der Waals surface area contributed by atoms with Crippen LogP contribution in [-0.2, 0) is 12.7 Å². The second-order valence-electron chi connectivity index (χ2n) is 8.04. The van der Waals surface area contributed by atoms with E-state index in [4.69, 9.17) is 11.6 Å². The highest BCUT2D eigenvalue weighted by Gasteiger charge is 2.30. The van der Waals surface area contributed by atoms with E-state index in [2.05, 4.69) is 9.97 Å². The van der Waals surface area contributed by atoms with Gasteiger partial charge in [-0.3, -0.25) is 4.98 Å². The topological polar surface area (TPSA) is 74.2 Å². The molecule has 11 heteroatoms. The quantitative estimate of drug-likeness (QED) is 0.312. The van der Waals surface area contributed by atoms with Crippen LogP contribution >= 0.6 is 22.9 Å². The fraction of sp³-hybridized carbons (Fsp3) is 0.120. The molecule has 0 radical (unpaired) electrons. The zero-order valence-electron chi connectivity index (χ0n) is 18.6. The molecule has 0 bridgehead atoms. The fourth-order valence-electron chi connectivity index (χ4n) is 4.04. The summed E-state index contributed by atoms with van der Waals surface area (Å²) in [6, 6.07) is 11.1. The van der Waals surface area contributed by atoms with Crippen LogP contribution in [0.3, 0.4) is 0 Å². The van der Waals surface area contributed by atoms with Crippen LogP contribution in [0.1, 0.15) is 16.0 Å². The van der Waals surface area contributed by atoms with Crippen molar-refractivity contribution in [2.75, 3.05) is 0 Å². The van der Waals surface area contributed by atoms with Crippen LogP contribution in [0.15, 0.2) is 71.9 Å². The van der Waals surface area contributed by atoms with Gasteiger partial charge in [0.25, 0.3) is 5.65 Å². The van der Waals surface area contributed by atoms with E-state index in [1.54, 1.807) is 31.5 Å². The average Bonchev–Trinajstić information content (AvgIpc) is 3.26. The Kier molecular flexibility index (Phi) is 6.01. The van der Waals surface area contributed by atoms with Crippen LogP contribution in [0.2, 0.25) is 4.47 Å². The van der Waals surface area contributed by atoms with Gasteiger partial charge in [-0.2, -0.15) is 17.6 Å². The Labute approximate surface area is 211 Å². The zero-order valence-corrected chi connectivity index (χ0v) is 20.2. The number of alkyl halides is 3. The van der Waals surface area contributed by atoms with Gasteiger partial charge in [0.2, 0.25) is 0 Å². The van der Waals surface area contributed by atoms with E-state index >= 15 is 0 Å². The van der Waals surface area contributed by atoms with Crippen molar-refractivity contribution in [3.63, 3.8) is 0 Å². The summed E-state index contributed by atoms with van der Waals surface area (Å²) >= 11 is 7.21. The first-order chi connectivity index (χ1) is 17.1. The molecule has 0 fully saturated rings. The lowest BCUT2D eigenvalue weighted by atomic mass is 10.0. The van der Waals surface area contributed by atoms with E-state index in [1.165, 1.54) is 50.8 Å². The molecule has 0 N–H and O–H groups in total. The van der Waals surface area contributed by atoms with Gasteiger partial charge in [0.1, 0.15) is 12.1 Å². The second kappa shape index (κ2) is 9.03. The molecule has 0 saturated carbocycles. The predicted molar refractivity (Wildman–Crippen MR) is 128 cm³/mol. The van der Waals surface area contributed by atoms with Gasteiger partial charge in [-0.05, 0) is 48.9 Å². The Hall–Kier alpha value is -3.76. The molecule has 6 nitrogen and oxygen atoms in total. The Morgan fingerprint density at radius 3 is 2.53 bits per heavy atom. The number of hydrogen-bond donors (Lipinski definition) is 0. The van der Waals surface area contributed by atoms with Crippen LogP contribution in [0, 0.1) is 6.92 Å². The number of aryl methyl sites for hydroxylation is 1. The molecular weight excluding hydrogens is 513 g/mol. The maximum atomic E-state index is 13.7.